The third-order valence-electron chi connectivity index (χ3n) is 5.16. The Labute approximate surface area is 150 Å². The van der Waals surface area contributed by atoms with Gasteiger partial charge in [-0.2, -0.15) is 5.10 Å². The largest absolute Gasteiger partial charge is 0.391 e. The minimum Gasteiger partial charge on any atom is -0.391 e. The summed E-state index contributed by atoms with van der Waals surface area (Å²) in [5, 5.41) is 18.2. The number of carbonyl (C=O) groups is 1. The molecule has 0 radical (unpaired) electrons. The van der Waals surface area contributed by atoms with E-state index in [9.17, 15) is 14.3 Å². The first kappa shape index (κ1) is 16.8. The smallest absolute Gasteiger partial charge is 0.270 e. The average molecular weight is 356 g/mol. The number of likely N-dealkylation sites (tertiary alicyclic amines) is 1. The zero-order valence-corrected chi connectivity index (χ0v) is 14.7. The van der Waals surface area contributed by atoms with Gasteiger partial charge in [-0.15, -0.1) is 0 Å². The molecule has 4 rings (SSSR count). The predicted molar refractivity (Wildman–Crippen MR) is 95.4 cm³/mol. The molecule has 1 amide bonds. The number of aryl methyl sites for hydroxylation is 2. The van der Waals surface area contributed by atoms with E-state index in [0.29, 0.717) is 24.0 Å². The zero-order valence-electron chi connectivity index (χ0n) is 14.7. The highest BCUT2D eigenvalue weighted by molar-refractivity contribution is 6.01. The Kier molecular flexibility index (Phi) is 4.03. The molecule has 26 heavy (non-hydrogen) atoms. The molecular weight excluding hydrogens is 335 g/mol. The molecule has 0 saturated carbocycles. The molecule has 0 bridgehead atoms. The molecule has 3 aromatic rings. The number of β-amino-alcohol motifs (C(OH)–C–C–N with tert-alkyl or cyclic N) is 1. The number of aromatic amines is 2. The van der Waals surface area contributed by atoms with Crippen LogP contribution in [0.3, 0.4) is 0 Å². The summed E-state index contributed by atoms with van der Waals surface area (Å²) in [6.07, 6.45) is 0.0321. The van der Waals surface area contributed by atoms with Crippen molar-refractivity contribution in [3.05, 3.63) is 52.7 Å². The second-order valence-electron chi connectivity index (χ2n) is 7.10. The van der Waals surface area contributed by atoms with Gasteiger partial charge in [0, 0.05) is 35.6 Å². The molecule has 2 atom stereocenters. The van der Waals surface area contributed by atoms with Crippen molar-refractivity contribution in [2.75, 3.05) is 13.1 Å². The van der Waals surface area contributed by atoms with Gasteiger partial charge in [0.2, 0.25) is 0 Å². The van der Waals surface area contributed by atoms with Crippen LogP contribution in [0.4, 0.5) is 4.39 Å². The molecule has 7 heteroatoms. The quantitative estimate of drug-likeness (QED) is 0.673. The number of aliphatic hydroxyl groups excluding tert-OH is 1. The fourth-order valence-electron chi connectivity index (χ4n) is 3.74. The highest BCUT2D eigenvalue weighted by Gasteiger charge is 2.35. The van der Waals surface area contributed by atoms with Crippen LogP contribution >= 0.6 is 0 Å². The molecule has 1 aromatic carbocycles. The first-order valence-corrected chi connectivity index (χ1v) is 8.68. The van der Waals surface area contributed by atoms with Gasteiger partial charge in [-0.05, 0) is 50.1 Å². The van der Waals surface area contributed by atoms with E-state index in [1.165, 1.54) is 12.1 Å². The molecule has 0 spiro atoms. The van der Waals surface area contributed by atoms with E-state index in [4.69, 9.17) is 0 Å². The lowest BCUT2D eigenvalue weighted by molar-refractivity contribution is 0.0759. The molecule has 1 aliphatic heterocycles. The predicted octanol–water partition coefficient (Wildman–Crippen LogP) is 2.32. The number of amides is 1. The summed E-state index contributed by atoms with van der Waals surface area (Å²) in [6.45, 7) is 4.49. The molecule has 0 unspecified atom stereocenters. The second-order valence-corrected chi connectivity index (χ2v) is 7.10. The van der Waals surface area contributed by atoms with Gasteiger partial charge in [-0.3, -0.25) is 9.89 Å². The van der Waals surface area contributed by atoms with E-state index in [-0.39, 0.29) is 24.2 Å². The number of H-pyrrole nitrogens is 2. The Balaban J connectivity index is 1.54. The average Bonchev–Trinajstić information content (AvgIpc) is 3.27. The lowest BCUT2D eigenvalue weighted by atomic mass is 10.0. The lowest BCUT2D eigenvalue weighted by Gasteiger charge is -2.15. The Morgan fingerprint density at radius 2 is 2.15 bits per heavy atom. The lowest BCUT2D eigenvalue weighted by Crippen LogP contribution is -2.30. The SMILES string of the molecule is Cc1cc(C[C@@H]2CN(C(=O)c3[nH]c4ccc(F)cc4c3C)C[C@H]2O)n[nH]1. The van der Waals surface area contributed by atoms with Crippen molar-refractivity contribution in [3.63, 3.8) is 0 Å². The van der Waals surface area contributed by atoms with Crippen LogP contribution in [-0.2, 0) is 6.42 Å². The number of aromatic nitrogens is 3. The molecule has 3 N–H and O–H groups in total. The Bertz CT molecular complexity index is 977. The molecule has 1 saturated heterocycles. The summed E-state index contributed by atoms with van der Waals surface area (Å²) in [7, 11) is 0. The van der Waals surface area contributed by atoms with Crippen molar-refractivity contribution < 1.29 is 14.3 Å². The van der Waals surface area contributed by atoms with E-state index in [2.05, 4.69) is 15.2 Å². The third-order valence-corrected chi connectivity index (χ3v) is 5.16. The number of hydrogen-bond acceptors (Lipinski definition) is 3. The van der Waals surface area contributed by atoms with Crippen molar-refractivity contribution >= 4 is 16.8 Å². The fourth-order valence-corrected chi connectivity index (χ4v) is 3.74. The van der Waals surface area contributed by atoms with Crippen LogP contribution in [0.5, 0.6) is 0 Å². The van der Waals surface area contributed by atoms with Crippen molar-refractivity contribution in [2.24, 2.45) is 5.92 Å². The number of rotatable bonds is 3. The Morgan fingerprint density at radius 3 is 2.88 bits per heavy atom. The van der Waals surface area contributed by atoms with Gasteiger partial charge in [0.05, 0.1) is 11.8 Å². The van der Waals surface area contributed by atoms with Crippen LogP contribution in [0, 0.1) is 25.6 Å². The van der Waals surface area contributed by atoms with E-state index >= 15 is 0 Å². The normalized spacial score (nSPS) is 20.2. The van der Waals surface area contributed by atoms with Crippen LogP contribution < -0.4 is 0 Å². The minimum atomic E-state index is -0.585. The summed E-state index contributed by atoms with van der Waals surface area (Å²) < 4.78 is 13.5. The number of hydrogen-bond donors (Lipinski definition) is 3. The Morgan fingerprint density at radius 1 is 1.35 bits per heavy atom. The first-order chi connectivity index (χ1) is 12.4. The molecule has 136 valence electrons. The summed E-state index contributed by atoms with van der Waals surface area (Å²) in [6, 6.07) is 6.39. The van der Waals surface area contributed by atoms with Gasteiger partial charge in [0.1, 0.15) is 11.5 Å². The van der Waals surface area contributed by atoms with Gasteiger partial charge >= 0.3 is 0 Å². The van der Waals surface area contributed by atoms with Gasteiger partial charge < -0.3 is 15.0 Å². The molecule has 0 aliphatic carbocycles. The van der Waals surface area contributed by atoms with Crippen LogP contribution in [0.1, 0.15) is 27.4 Å². The maximum atomic E-state index is 13.5. The molecule has 1 fully saturated rings. The topological polar surface area (TPSA) is 85.0 Å². The first-order valence-electron chi connectivity index (χ1n) is 8.68. The van der Waals surface area contributed by atoms with E-state index in [1.54, 1.807) is 11.0 Å². The van der Waals surface area contributed by atoms with Crippen molar-refractivity contribution in [1.29, 1.82) is 0 Å². The molecular formula is C19H21FN4O2. The standard InChI is InChI=1S/C19H21FN4O2/c1-10-5-14(23-22-10)6-12-8-24(9-17(12)25)19(26)18-11(2)15-7-13(20)3-4-16(15)21-18/h3-5,7,12,17,21,25H,6,8-9H2,1-2H3,(H,22,23)/t12-,17-/m1/s1. The number of aliphatic hydroxyl groups is 1. The van der Waals surface area contributed by atoms with E-state index < -0.39 is 6.10 Å². The number of nitrogens with zero attached hydrogens (tertiary/aromatic N) is 2. The summed E-state index contributed by atoms with van der Waals surface area (Å²) in [4.78, 5) is 17.7. The number of nitrogens with one attached hydrogen (secondary N) is 2. The van der Waals surface area contributed by atoms with E-state index in [0.717, 1.165) is 22.5 Å². The fraction of sp³-hybridized carbons (Fsp3) is 0.368. The zero-order chi connectivity index (χ0) is 18.4. The van der Waals surface area contributed by atoms with Gasteiger partial charge in [0.15, 0.2) is 0 Å². The molecule has 1 aliphatic rings. The molecule has 6 nitrogen and oxygen atoms in total. The van der Waals surface area contributed by atoms with Crippen LogP contribution in [0.15, 0.2) is 24.3 Å². The van der Waals surface area contributed by atoms with Crippen LogP contribution in [0.2, 0.25) is 0 Å². The molecule has 3 heterocycles. The van der Waals surface area contributed by atoms with E-state index in [1.807, 2.05) is 19.9 Å². The summed E-state index contributed by atoms with van der Waals surface area (Å²) >= 11 is 0. The van der Waals surface area contributed by atoms with Crippen molar-refractivity contribution in [2.45, 2.75) is 26.4 Å². The summed E-state index contributed by atoms with van der Waals surface area (Å²) in [5.74, 6) is -0.549. The van der Waals surface area contributed by atoms with Crippen molar-refractivity contribution in [3.8, 4) is 0 Å². The monoisotopic (exact) mass is 356 g/mol. The maximum absolute atomic E-state index is 13.5. The van der Waals surface area contributed by atoms with Crippen molar-refractivity contribution in [1.82, 2.24) is 20.1 Å². The minimum absolute atomic E-state index is 0.0521. The second kappa shape index (κ2) is 6.25. The van der Waals surface area contributed by atoms with Crippen LogP contribution in [0.25, 0.3) is 10.9 Å². The summed E-state index contributed by atoms with van der Waals surface area (Å²) in [5.41, 5.74) is 3.77. The van der Waals surface area contributed by atoms with Gasteiger partial charge in [-0.25, -0.2) is 4.39 Å². The van der Waals surface area contributed by atoms with Gasteiger partial charge in [0.25, 0.3) is 5.91 Å². The maximum Gasteiger partial charge on any atom is 0.270 e. The number of fused-ring (bicyclic) bond motifs is 1. The highest BCUT2D eigenvalue weighted by Crippen LogP contribution is 2.27. The number of benzene rings is 1. The Hall–Kier alpha value is -2.67. The highest BCUT2D eigenvalue weighted by atomic mass is 19.1. The third kappa shape index (κ3) is 2.88. The van der Waals surface area contributed by atoms with Crippen LogP contribution in [-0.4, -0.2) is 50.3 Å². The van der Waals surface area contributed by atoms with Gasteiger partial charge in [-0.1, -0.05) is 0 Å². The number of halogens is 1. The molecule has 2 aromatic heterocycles. The number of carbonyl (C=O) groups excluding carboxylic acids is 1.